The molecule has 1 aliphatic carbocycles. The van der Waals surface area contributed by atoms with Crippen LogP contribution in [0, 0.1) is 18.8 Å². The summed E-state index contributed by atoms with van der Waals surface area (Å²) < 4.78 is 0. The number of rotatable bonds is 10. The van der Waals surface area contributed by atoms with Crippen molar-refractivity contribution in [2.75, 3.05) is 23.7 Å². The number of piperidine rings is 1. The molecule has 0 unspecified atom stereocenters. The molecule has 218 valence electrons. The number of amides is 2. The Kier molecular flexibility index (Phi) is 10.2. The van der Waals surface area contributed by atoms with Gasteiger partial charge in [-0.2, -0.15) is 0 Å². The maximum absolute atomic E-state index is 13.5. The number of aliphatic hydroxyl groups is 1. The van der Waals surface area contributed by atoms with Crippen LogP contribution in [0.1, 0.15) is 58.4 Å². The van der Waals surface area contributed by atoms with E-state index in [2.05, 4.69) is 10.2 Å². The normalized spacial score (nSPS) is 23.1. The molecule has 0 spiro atoms. The van der Waals surface area contributed by atoms with Crippen molar-refractivity contribution < 1.29 is 19.8 Å². The molecule has 8 heteroatoms. The Balaban J connectivity index is 1.61. The molecule has 3 N–H and O–H groups in total. The smallest absolute Gasteiger partial charge is 0.237 e. The lowest BCUT2D eigenvalue weighted by Crippen LogP contribution is -2.60. The van der Waals surface area contributed by atoms with Crippen LogP contribution in [0.4, 0.5) is 5.69 Å². The van der Waals surface area contributed by atoms with Crippen molar-refractivity contribution >= 4 is 29.8 Å². The molecule has 2 aromatic carbocycles. The Hall–Kier alpha value is -2.55. The van der Waals surface area contributed by atoms with Gasteiger partial charge in [-0.05, 0) is 76.6 Å². The molecular weight excluding hydrogens is 522 g/mol. The fraction of sp³-hybridized carbons (Fsp3) is 0.562. The third-order valence-electron chi connectivity index (χ3n) is 8.36. The topological polar surface area (TPSA) is 93.1 Å². The summed E-state index contributed by atoms with van der Waals surface area (Å²) in [6.07, 6.45) is 5.38. The van der Waals surface area contributed by atoms with E-state index in [9.17, 15) is 19.8 Å². The van der Waals surface area contributed by atoms with E-state index in [0.717, 1.165) is 37.1 Å². The number of nitrogens with one attached hydrogen (secondary N) is 1. The molecule has 0 bridgehead atoms. The van der Waals surface area contributed by atoms with Gasteiger partial charge in [0.05, 0.1) is 23.9 Å². The van der Waals surface area contributed by atoms with Crippen LogP contribution in [-0.2, 0) is 9.59 Å². The summed E-state index contributed by atoms with van der Waals surface area (Å²) in [5, 5.41) is 25.4. The first-order chi connectivity index (χ1) is 19.1. The zero-order chi connectivity index (χ0) is 28.9. The molecule has 1 aliphatic heterocycles. The highest BCUT2D eigenvalue weighted by atomic mass is 32.2. The predicted molar refractivity (Wildman–Crippen MR) is 162 cm³/mol. The van der Waals surface area contributed by atoms with Gasteiger partial charge in [-0.15, -0.1) is 11.8 Å². The summed E-state index contributed by atoms with van der Waals surface area (Å²) in [5.41, 5.74) is 0.809. The fourth-order valence-electron chi connectivity index (χ4n) is 6.27. The quantitative estimate of drug-likeness (QED) is 0.277. The summed E-state index contributed by atoms with van der Waals surface area (Å²) in [6.45, 7) is 8.81. The summed E-state index contributed by atoms with van der Waals surface area (Å²) in [6, 6.07) is 14.1. The minimum Gasteiger partial charge on any atom is -0.508 e. The second-order valence-corrected chi connectivity index (χ2v) is 13.5. The van der Waals surface area contributed by atoms with E-state index in [4.69, 9.17) is 0 Å². The first-order valence-corrected chi connectivity index (χ1v) is 15.5. The number of hydrogen-bond donors (Lipinski definition) is 3. The Morgan fingerprint density at radius 2 is 1.82 bits per heavy atom. The highest BCUT2D eigenvalue weighted by Crippen LogP contribution is 2.39. The van der Waals surface area contributed by atoms with Crippen LogP contribution < -0.4 is 10.2 Å². The molecule has 1 saturated heterocycles. The Morgan fingerprint density at radius 3 is 2.50 bits per heavy atom. The minimum absolute atomic E-state index is 0.00926. The number of nitrogens with zero attached hydrogens (tertiary/aromatic N) is 2. The van der Waals surface area contributed by atoms with E-state index in [1.165, 1.54) is 12.8 Å². The van der Waals surface area contributed by atoms with Crippen molar-refractivity contribution in [3.63, 3.8) is 0 Å². The van der Waals surface area contributed by atoms with E-state index in [1.807, 2.05) is 51.1 Å². The van der Waals surface area contributed by atoms with Crippen LogP contribution in [0.3, 0.4) is 0 Å². The molecule has 0 aromatic heterocycles. The zero-order valence-corrected chi connectivity index (χ0v) is 25.1. The van der Waals surface area contributed by atoms with Crippen LogP contribution >= 0.6 is 11.8 Å². The van der Waals surface area contributed by atoms with E-state index in [0.29, 0.717) is 28.8 Å². The van der Waals surface area contributed by atoms with Crippen LogP contribution in [0.15, 0.2) is 53.4 Å². The lowest BCUT2D eigenvalue weighted by molar-refractivity contribution is -0.132. The number of phenols is 1. The SMILES string of the molecule is Cc1c(O)cccc1N(C=O)[C@@H](CSc1ccccc1)[C@H](O)CN1C[C@H]2CCCC[C@H]2C[C@H]1C(=O)NC(C)(C)C. The van der Waals surface area contributed by atoms with Crippen LogP contribution in [0.25, 0.3) is 0 Å². The van der Waals surface area contributed by atoms with E-state index in [1.54, 1.807) is 41.8 Å². The van der Waals surface area contributed by atoms with Crippen LogP contribution in [0.2, 0.25) is 0 Å². The standard InChI is InChI=1S/C32H45N3O4S/c1-22-26(15-10-16-29(22)37)35(21-36)28(20-40-25-13-6-5-7-14-25)30(38)19-34-18-24-12-9-8-11-23(24)17-27(34)31(39)33-32(2,3)4/h5-7,10,13-16,21,23-24,27-28,30,37-38H,8-9,11-12,17-20H2,1-4H3,(H,33,39)/t23-,24+,27-,28-,30+/m0/s1. The summed E-state index contributed by atoms with van der Waals surface area (Å²) in [5.74, 6) is 1.62. The highest BCUT2D eigenvalue weighted by Gasteiger charge is 2.42. The van der Waals surface area contributed by atoms with Gasteiger partial charge in [0.25, 0.3) is 0 Å². The van der Waals surface area contributed by atoms with Crippen molar-refractivity contribution in [1.29, 1.82) is 0 Å². The van der Waals surface area contributed by atoms with Gasteiger partial charge >= 0.3 is 0 Å². The third-order valence-corrected chi connectivity index (χ3v) is 9.47. The lowest BCUT2D eigenvalue weighted by atomic mass is 9.72. The number of carbonyl (C=O) groups excluding carboxylic acids is 2. The molecular formula is C32H45N3O4S. The molecule has 7 nitrogen and oxygen atoms in total. The molecule has 4 rings (SSSR count). The second kappa shape index (κ2) is 13.4. The largest absolute Gasteiger partial charge is 0.508 e. The monoisotopic (exact) mass is 567 g/mol. The number of aliphatic hydroxyl groups excluding tert-OH is 1. The zero-order valence-electron chi connectivity index (χ0n) is 24.3. The number of β-amino-alcohol motifs (C(OH)–C–C–N with tert-alkyl or cyclic N) is 1. The number of benzene rings is 2. The first kappa shape index (κ1) is 30.4. The Bertz CT molecular complexity index is 1140. The molecule has 1 saturated carbocycles. The number of aromatic hydroxyl groups is 1. The van der Waals surface area contributed by atoms with Gasteiger partial charge in [0.15, 0.2) is 0 Å². The summed E-state index contributed by atoms with van der Waals surface area (Å²) >= 11 is 1.58. The number of carbonyl (C=O) groups is 2. The molecule has 2 aliphatic rings. The summed E-state index contributed by atoms with van der Waals surface area (Å²) in [4.78, 5) is 30.9. The predicted octanol–water partition coefficient (Wildman–Crippen LogP) is 4.98. The van der Waals surface area contributed by atoms with Crippen molar-refractivity contribution in [3.05, 3.63) is 54.1 Å². The molecule has 2 aromatic rings. The maximum atomic E-state index is 13.5. The van der Waals surface area contributed by atoms with Gasteiger partial charge in [-0.1, -0.05) is 43.5 Å². The number of likely N-dealkylation sites (tertiary alicyclic amines) is 1. The van der Waals surface area contributed by atoms with E-state index in [-0.39, 0.29) is 29.8 Å². The fourth-order valence-corrected chi connectivity index (χ4v) is 7.36. The van der Waals surface area contributed by atoms with Gasteiger partial charge in [0.2, 0.25) is 12.3 Å². The molecule has 0 radical (unpaired) electrons. The van der Waals surface area contributed by atoms with Gasteiger partial charge in [-0.25, -0.2) is 0 Å². The van der Waals surface area contributed by atoms with Crippen LogP contribution in [0.5, 0.6) is 5.75 Å². The van der Waals surface area contributed by atoms with Gasteiger partial charge in [-0.3, -0.25) is 14.5 Å². The van der Waals surface area contributed by atoms with Gasteiger partial charge < -0.3 is 20.4 Å². The third kappa shape index (κ3) is 7.59. The van der Waals surface area contributed by atoms with Gasteiger partial charge in [0.1, 0.15) is 5.75 Å². The first-order valence-electron chi connectivity index (χ1n) is 14.5. The number of phenolic OH excluding ortho intramolecular Hbond substituents is 1. The molecule has 5 atom stereocenters. The average molecular weight is 568 g/mol. The molecule has 1 heterocycles. The Labute approximate surface area is 243 Å². The molecule has 40 heavy (non-hydrogen) atoms. The van der Waals surface area contributed by atoms with Crippen molar-refractivity contribution in [1.82, 2.24) is 10.2 Å². The molecule has 2 amide bonds. The van der Waals surface area contributed by atoms with E-state index >= 15 is 0 Å². The lowest BCUT2D eigenvalue weighted by Gasteiger charge is -2.47. The average Bonchev–Trinajstić information content (AvgIpc) is 2.92. The maximum Gasteiger partial charge on any atom is 0.237 e. The second-order valence-electron chi connectivity index (χ2n) is 12.4. The van der Waals surface area contributed by atoms with Gasteiger partial charge in [0, 0.05) is 34.8 Å². The number of fused-ring (bicyclic) bond motifs is 1. The Morgan fingerprint density at radius 1 is 1.12 bits per heavy atom. The number of thioether (sulfide) groups is 1. The summed E-state index contributed by atoms with van der Waals surface area (Å²) in [7, 11) is 0. The van der Waals surface area contributed by atoms with Crippen LogP contribution in [-0.4, -0.2) is 70.0 Å². The van der Waals surface area contributed by atoms with Crippen molar-refractivity contribution in [2.24, 2.45) is 11.8 Å². The van der Waals surface area contributed by atoms with Crippen molar-refractivity contribution in [2.45, 2.75) is 88.4 Å². The molecule has 2 fully saturated rings. The van der Waals surface area contributed by atoms with Crippen molar-refractivity contribution in [3.8, 4) is 5.75 Å². The number of hydrogen-bond acceptors (Lipinski definition) is 6. The number of anilines is 1. The minimum atomic E-state index is -0.909. The van der Waals surface area contributed by atoms with E-state index < -0.39 is 12.1 Å². The highest BCUT2D eigenvalue weighted by molar-refractivity contribution is 7.99.